The van der Waals surface area contributed by atoms with Crippen LogP contribution in [0.4, 0.5) is 11.5 Å². The Hall–Kier alpha value is -4.51. The van der Waals surface area contributed by atoms with Gasteiger partial charge in [-0.2, -0.15) is 5.10 Å². The molecule has 0 unspecified atom stereocenters. The molecule has 0 aliphatic carbocycles. The number of pyridine rings is 1. The van der Waals surface area contributed by atoms with Gasteiger partial charge in [-0.05, 0) is 57.2 Å². The average molecular weight is 512 g/mol. The number of nitrogens with one attached hydrogen (secondary N) is 1. The van der Waals surface area contributed by atoms with Gasteiger partial charge in [0.25, 0.3) is 5.91 Å². The average Bonchev–Trinajstić information content (AvgIpc) is 3.49. The molecule has 4 aromatic heterocycles. The topological polar surface area (TPSA) is 129 Å². The summed E-state index contributed by atoms with van der Waals surface area (Å²) in [6.07, 6.45) is 6.90. The second-order valence-corrected chi connectivity index (χ2v) is 9.68. The first-order chi connectivity index (χ1) is 18.4. The standard InChI is InChI=1S/C27H29N9O2/c1-34-10-7-18(8-11-34)36-26-23(25(28)30-15-31-26)24(33-36)16-4-5-19(22(13-16)38-3)32-27(37)21-12-17-14-29-9-6-20(17)35(21)2/h4-6,9,12-15,18H,7-8,10-11H2,1-3H3,(H,32,37)(H2,28,30,31). The summed E-state index contributed by atoms with van der Waals surface area (Å²) in [5.41, 5.74) is 10.5. The molecule has 0 radical (unpaired) electrons. The fraction of sp³-hybridized carbons (Fsp3) is 0.296. The van der Waals surface area contributed by atoms with Crippen LogP contribution in [0.2, 0.25) is 0 Å². The first-order valence-corrected chi connectivity index (χ1v) is 12.5. The van der Waals surface area contributed by atoms with Crippen molar-refractivity contribution in [1.29, 1.82) is 0 Å². The molecule has 1 aliphatic rings. The van der Waals surface area contributed by atoms with Gasteiger partial charge in [-0.3, -0.25) is 9.78 Å². The van der Waals surface area contributed by atoms with E-state index in [1.165, 1.54) is 6.33 Å². The van der Waals surface area contributed by atoms with Gasteiger partial charge in [0, 0.05) is 30.4 Å². The van der Waals surface area contributed by atoms with Gasteiger partial charge in [-0.25, -0.2) is 14.6 Å². The zero-order valence-corrected chi connectivity index (χ0v) is 21.5. The van der Waals surface area contributed by atoms with Crippen molar-refractivity contribution >= 4 is 39.3 Å². The summed E-state index contributed by atoms with van der Waals surface area (Å²) in [6, 6.07) is 9.50. The Kier molecular flexibility index (Phi) is 5.91. The predicted molar refractivity (Wildman–Crippen MR) is 146 cm³/mol. The number of fused-ring (bicyclic) bond motifs is 2. The fourth-order valence-corrected chi connectivity index (χ4v) is 5.23. The molecule has 6 rings (SSSR count). The summed E-state index contributed by atoms with van der Waals surface area (Å²) in [5, 5.41) is 9.58. The minimum atomic E-state index is -0.246. The molecule has 5 aromatic rings. The summed E-state index contributed by atoms with van der Waals surface area (Å²) in [4.78, 5) is 28.4. The number of carbonyl (C=O) groups is 1. The van der Waals surface area contributed by atoms with E-state index in [9.17, 15) is 4.79 Å². The lowest BCUT2D eigenvalue weighted by molar-refractivity contribution is 0.101. The van der Waals surface area contributed by atoms with Crippen LogP contribution in [0.1, 0.15) is 29.4 Å². The maximum atomic E-state index is 13.2. The Morgan fingerprint density at radius 2 is 1.95 bits per heavy atom. The van der Waals surface area contributed by atoms with E-state index >= 15 is 0 Å². The minimum absolute atomic E-state index is 0.230. The Bertz CT molecular complexity index is 1660. The number of nitrogens with zero attached hydrogens (tertiary/aromatic N) is 7. The van der Waals surface area contributed by atoms with Gasteiger partial charge in [0.05, 0.1) is 29.7 Å². The molecular weight excluding hydrogens is 482 g/mol. The number of ether oxygens (including phenoxy) is 1. The maximum Gasteiger partial charge on any atom is 0.272 e. The zero-order chi connectivity index (χ0) is 26.4. The van der Waals surface area contributed by atoms with Gasteiger partial charge in [-0.15, -0.1) is 0 Å². The van der Waals surface area contributed by atoms with E-state index in [1.807, 2.05) is 46.6 Å². The fourth-order valence-electron chi connectivity index (χ4n) is 5.23. The molecule has 1 amide bonds. The van der Waals surface area contributed by atoms with Crippen molar-refractivity contribution in [2.75, 3.05) is 38.3 Å². The normalized spacial score (nSPS) is 14.8. The SMILES string of the molecule is COc1cc(-c2nn(C3CCN(C)CC3)c3ncnc(N)c23)ccc1NC(=O)c1cc2cnccc2n1C. The highest BCUT2D eigenvalue weighted by molar-refractivity contribution is 6.07. The van der Waals surface area contributed by atoms with Crippen molar-refractivity contribution in [1.82, 2.24) is 34.2 Å². The number of methoxy groups -OCH3 is 1. The second kappa shape index (κ2) is 9.42. The van der Waals surface area contributed by atoms with Gasteiger partial charge in [0.2, 0.25) is 0 Å². The molecule has 1 aliphatic heterocycles. The number of rotatable bonds is 5. The van der Waals surface area contributed by atoms with Gasteiger partial charge >= 0.3 is 0 Å². The molecule has 38 heavy (non-hydrogen) atoms. The summed E-state index contributed by atoms with van der Waals surface area (Å²) in [6.45, 7) is 1.99. The van der Waals surface area contributed by atoms with E-state index in [1.54, 1.807) is 19.5 Å². The number of aryl methyl sites for hydroxylation is 1. The maximum absolute atomic E-state index is 13.2. The largest absolute Gasteiger partial charge is 0.495 e. The highest BCUT2D eigenvalue weighted by atomic mass is 16.5. The third-order valence-electron chi connectivity index (χ3n) is 7.35. The highest BCUT2D eigenvalue weighted by Crippen LogP contribution is 2.37. The number of nitrogen functional groups attached to an aromatic ring is 1. The summed E-state index contributed by atoms with van der Waals surface area (Å²) in [5.74, 6) is 0.642. The van der Waals surface area contributed by atoms with Crippen LogP contribution < -0.4 is 15.8 Å². The summed E-state index contributed by atoms with van der Waals surface area (Å²) >= 11 is 0. The molecule has 1 aromatic carbocycles. The number of likely N-dealkylation sites (tertiary alicyclic amines) is 1. The predicted octanol–water partition coefficient (Wildman–Crippen LogP) is 3.49. The Morgan fingerprint density at radius 1 is 1.13 bits per heavy atom. The Morgan fingerprint density at radius 3 is 2.71 bits per heavy atom. The second-order valence-electron chi connectivity index (χ2n) is 9.68. The molecule has 3 N–H and O–H groups in total. The van der Waals surface area contributed by atoms with Crippen molar-refractivity contribution < 1.29 is 9.53 Å². The lowest BCUT2D eigenvalue weighted by Gasteiger charge is -2.29. The van der Waals surface area contributed by atoms with E-state index in [2.05, 4.69) is 32.2 Å². The van der Waals surface area contributed by atoms with Crippen molar-refractivity contribution in [3.05, 3.63) is 54.7 Å². The number of amides is 1. The molecule has 0 bridgehead atoms. The van der Waals surface area contributed by atoms with Crippen LogP contribution >= 0.6 is 0 Å². The molecular formula is C27H29N9O2. The number of hydrogen-bond acceptors (Lipinski definition) is 8. The van der Waals surface area contributed by atoms with E-state index in [0.29, 0.717) is 28.6 Å². The van der Waals surface area contributed by atoms with Crippen LogP contribution in [-0.4, -0.2) is 67.4 Å². The van der Waals surface area contributed by atoms with Gasteiger partial charge < -0.3 is 25.3 Å². The summed E-state index contributed by atoms with van der Waals surface area (Å²) in [7, 11) is 5.56. The molecule has 0 atom stereocenters. The number of aromatic nitrogens is 6. The van der Waals surface area contributed by atoms with E-state index < -0.39 is 0 Å². The van der Waals surface area contributed by atoms with Gasteiger partial charge in [-0.1, -0.05) is 6.07 Å². The molecule has 0 saturated carbocycles. The van der Waals surface area contributed by atoms with Gasteiger partial charge in [0.15, 0.2) is 5.65 Å². The number of carbonyl (C=O) groups excluding carboxylic acids is 1. The van der Waals surface area contributed by atoms with Crippen molar-refractivity contribution in [2.45, 2.75) is 18.9 Å². The van der Waals surface area contributed by atoms with Crippen molar-refractivity contribution in [3.63, 3.8) is 0 Å². The quantitative estimate of drug-likeness (QED) is 0.367. The van der Waals surface area contributed by atoms with Crippen molar-refractivity contribution in [3.8, 4) is 17.0 Å². The number of hydrogen-bond donors (Lipinski definition) is 2. The van der Waals surface area contributed by atoms with E-state index in [-0.39, 0.29) is 11.9 Å². The first kappa shape index (κ1) is 23.9. The molecule has 11 heteroatoms. The molecule has 1 fully saturated rings. The van der Waals surface area contributed by atoms with Crippen LogP contribution in [0.5, 0.6) is 5.75 Å². The van der Waals surface area contributed by atoms with E-state index in [4.69, 9.17) is 15.6 Å². The molecule has 194 valence electrons. The lowest BCUT2D eigenvalue weighted by atomic mass is 10.1. The summed E-state index contributed by atoms with van der Waals surface area (Å²) < 4.78 is 9.51. The van der Waals surface area contributed by atoms with Crippen LogP contribution in [0.15, 0.2) is 49.1 Å². The van der Waals surface area contributed by atoms with Crippen LogP contribution in [0, 0.1) is 0 Å². The number of nitrogens with two attached hydrogens (primary N) is 1. The third kappa shape index (κ3) is 4.01. The van der Waals surface area contributed by atoms with Gasteiger partial charge in [0.1, 0.15) is 29.3 Å². The molecule has 11 nitrogen and oxygen atoms in total. The van der Waals surface area contributed by atoms with Crippen LogP contribution in [0.3, 0.4) is 0 Å². The minimum Gasteiger partial charge on any atom is -0.495 e. The molecule has 0 spiro atoms. The molecule has 5 heterocycles. The Balaban J connectivity index is 1.36. The number of benzene rings is 1. The number of piperidine rings is 1. The highest BCUT2D eigenvalue weighted by Gasteiger charge is 2.25. The lowest BCUT2D eigenvalue weighted by Crippen LogP contribution is -2.31. The van der Waals surface area contributed by atoms with Crippen molar-refractivity contribution in [2.24, 2.45) is 7.05 Å². The monoisotopic (exact) mass is 511 g/mol. The third-order valence-corrected chi connectivity index (χ3v) is 7.35. The smallest absolute Gasteiger partial charge is 0.272 e. The zero-order valence-electron chi connectivity index (χ0n) is 21.5. The van der Waals surface area contributed by atoms with E-state index in [0.717, 1.165) is 53.4 Å². The number of anilines is 2. The Labute approximate surface area is 219 Å². The molecule has 1 saturated heterocycles. The van der Waals surface area contributed by atoms with Crippen LogP contribution in [0.25, 0.3) is 33.2 Å². The van der Waals surface area contributed by atoms with Crippen LogP contribution in [-0.2, 0) is 7.05 Å². The first-order valence-electron chi connectivity index (χ1n) is 12.5.